The minimum absolute atomic E-state index is 0.552. The van der Waals surface area contributed by atoms with Gasteiger partial charge in [-0.1, -0.05) is 13.0 Å². The highest BCUT2D eigenvalue weighted by atomic mass is 16.5. The second kappa shape index (κ2) is 5.90. The van der Waals surface area contributed by atoms with E-state index in [1.54, 1.807) is 7.11 Å². The average molecular weight is 221 g/mol. The van der Waals surface area contributed by atoms with Crippen LogP contribution in [0.2, 0.25) is 0 Å². The van der Waals surface area contributed by atoms with Crippen molar-refractivity contribution >= 4 is 0 Å². The quantitative estimate of drug-likeness (QED) is 0.825. The number of aryl methyl sites for hydroxylation is 1. The number of hydrogen-bond acceptors (Lipinski definition) is 2. The molecule has 1 N–H and O–H groups in total. The molecule has 16 heavy (non-hydrogen) atoms. The summed E-state index contributed by atoms with van der Waals surface area (Å²) in [5, 5.41) is 3.28. The van der Waals surface area contributed by atoms with E-state index in [9.17, 15) is 0 Å². The summed E-state index contributed by atoms with van der Waals surface area (Å²) in [6.45, 7) is 6.65. The lowest BCUT2D eigenvalue weighted by Gasteiger charge is -2.19. The molecule has 1 rings (SSSR count). The highest BCUT2D eigenvalue weighted by molar-refractivity contribution is 5.36. The van der Waals surface area contributed by atoms with Crippen molar-refractivity contribution in [1.29, 1.82) is 0 Å². The lowest BCUT2D eigenvalue weighted by molar-refractivity contribution is 0.414. The fraction of sp³-hybridized carbons (Fsp3) is 0.571. The second-order valence-electron chi connectivity index (χ2n) is 4.55. The van der Waals surface area contributed by atoms with Crippen molar-refractivity contribution in [2.45, 2.75) is 39.2 Å². The Morgan fingerprint density at radius 3 is 2.50 bits per heavy atom. The van der Waals surface area contributed by atoms with Gasteiger partial charge in [0.05, 0.1) is 7.11 Å². The van der Waals surface area contributed by atoms with E-state index in [1.165, 1.54) is 11.1 Å². The van der Waals surface area contributed by atoms with Crippen molar-refractivity contribution in [1.82, 2.24) is 5.32 Å². The lowest BCUT2D eigenvalue weighted by atomic mass is 9.91. The molecule has 0 aliphatic heterocycles. The molecule has 0 spiro atoms. The third-order valence-electron chi connectivity index (χ3n) is 3.21. The van der Waals surface area contributed by atoms with Gasteiger partial charge in [0.1, 0.15) is 5.75 Å². The maximum absolute atomic E-state index is 5.22. The van der Waals surface area contributed by atoms with E-state index in [0.717, 1.165) is 12.2 Å². The van der Waals surface area contributed by atoms with Crippen LogP contribution in [0, 0.1) is 6.92 Å². The number of nitrogens with one attached hydrogen (secondary N) is 1. The lowest BCUT2D eigenvalue weighted by Crippen LogP contribution is -2.23. The van der Waals surface area contributed by atoms with Gasteiger partial charge in [-0.05, 0) is 56.5 Å². The van der Waals surface area contributed by atoms with E-state index < -0.39 is 0 Å². The summed E-state index contributed by atoms with van der Waals surface area (Å²) in [4.78, 5) is 0. The minimum atomic E-state index is 0.552. The molecular formula is C14H23NO. The Labute approximate surface area is 99.0 Å². The van der Waals surface area contributed by atoms with Crippen molar-refractivity contribution in [2.75, 3.05) is 14.2 Å². The first kappa shape index (κ1) is 13.0. The molecule has 0 amide bonds. The first-order valence-electron chi connectivity index (χ1n) is 5.90. The minimum Gasteiger partial charge on any atom is -0.497 e. The van der Waals surface area contributed by atoms with Gasteiger partial charge in [-0.3, -0.25) is 0 Å². The Kier molecular flexibility index (Phi) is 4.81. The molecule has 1 aromatic carbocycles. The van der Waals surface area contributed by atoms with Crippen molar-refractivity contribution in [3.05, 3.63) is 29.3 Å². The van der Waals surface area contributed by atoms with Crippen molar-refractivity contribution < 1.29 is 4.74 Å². The highest BCUT2D eigenvalue weighted by Crippen LogP contribution is 2.26. The van der Waals surface area contributed by atoms with Gasteiger partial charge in [-0.2, -0.15) is 0 Å². The van der Waals surface area contributed by atoms with Gasteiger partial charge in [0.2, 0.25) is 0 Å². The topological polar surface area (TPSA) is 21.3 Å². The molecule has 0 bridgehead atoms. The van der Waals surface area contributed by atoms with Gasteiger partial charge in [-0.25, -0.2) is 0 Å². The van der Waals surface area contributed by atoms with Crippen LogP contribution in [0.4, 0.5) is 0 Å². The van der Waals surface area contributed by atoms with Crippen LogP contribution in [0.3, 0.4) is 0 Å². The summed E-state index contributed by atoms with van der Waals surface area (Å²) in [5.74, 6) is 1.52. The standard InChI is InChI=1S/C14H23NO/c1-10(8-12(3)15-4)14-7-6-13(16-5)9-11(14)2/h6-7,9-10,12,15H,8H2,1-5H3. The monoisotopic (exact) mass is 221 g/mol. The Morgan fingerprint density at radius 2 is 2.00 bits per heavy atom. The van der Waals surface area contributed by atoms with Gasteiger partial charge in [0, 0.05) is 6.04 Å². The zero-order chi connectivity index (χ0) is 12.1. The van der Waals surface area contributed by atoms with Crippen molar-refractivity contribution in [2.24, 2.45) is 0 Å². The van der Waals surface area contributed by atoms with Gasteiger partial charge >= 0.3 is 0 Å². The molecule has 2 unspecified atom stereocenters. The van der Waals surface area contributed by atoms with E-state index >= 15 is 0 Å². The van der Waals surface area contributed by atoms with Crippen LogP contribution >= 0.6 is 0 Å². The van der Waals surface area contributed by atoms with E-state index in [1.807, 2.05) is 13.1 Å². The molecule has 0 saturated carbocycles. The van der Waals surface area contributed by atoms with E-state index in [0.29, 0.717) is 12.0 Å². The molecule has 0 radical (unpaired) electrons. The molecule has 1 aromatic rings. The van der Waals surface area contributed by atoms with E-state index in [2.05, 4.69) is 38.2 Å². The molecule has 2 nitrogen and oxygen atoms in total. The van der Waals surface area contributed by atoms with Crippen LogP contribution in [0.5, 0.6) is 5.75 Å². The zero-order valence-electron chi connectivity index (χ0n) is 11.0. The first-order chi connectivity index (χ1) is 7.58. The molecule has 0 aliphatic carbocycles. The van der Waals surface area contributed by atoms with Crippen LogP contribution in [0.15, 0.2) is 18.2 Å². The van der Waals surface area contributed by atoms with Crippen LogP contribution in [-0.2, 0) is 0 Å². The van der Waals surface area contributed by atoms with Crippen LogP contribution in [-0.4, -0.2) is 20.2 Å². The van der Waals surface area contributed by atoms with E-state index in [4.69, 9.17) is 4.74 Å². The van der Waals surface area contributed by atoms with E-state index in [-0.39, 0.29) is 0 Å². The van der Waals surface area contributed by atoms with Crippen LogP contribution in [0.25, 0.3) is 0 Å². The normalized spacial score (nSPS) is 14.6. The summed E-state index contributed by atoms with van der Waals surface area (Å²) in [6, 6.07) is 6.89. The molecule has 0 fully saturated rings. The fourth-order valence-corrected chi connectivity index (χ4v) is 2.10. The van der Waals surface area contributed by atoms with Gasteiger partial charge < -0.3 is 10.1 Å². The van der Waals surface area contributed by atoms with Gasteiger partial charge in [0.25, 0.3) is 0 Å². The van der Waals surface area contributed by atoms with Crippen LogP contribution < -0.4 is 10.1 Å². The molecule has 2 heteroatoms. The molecule has 0 heterocycles. The van der Waals surface area contributed by atoms with Gasteiger partial charge in [-0.15, -0.1) is 0 Å². The number of methoxy groups -OCH3 is 1. The average Bonchev–Trinajstić information content (AvgIpc) is 2.28. The Balaban J connectivity index is 2.79. The molecule has 0 saturated heterocycles. The number of benzene rings is 1. The fourth-order valence-electron chi connectivity index (χ4n) is 2.10. The maximum Gasteiger partial charge on any atom is 0.119 e. The Hall–Kier alpha value is -1.02. The maximum atomic E-state index is 5.22. The second-order valence-corrected chi connectivity index (χ2v) is 4.55. The largest absolute Gasteiger partial charge is 0.497 e. The zero-order valence-corrected chi connectivity index (χ0v) is 11.0. The summed E-state index contributed by atoms with van der Waals surface area (Å²) in [7, 11) is 3.72. The molecule has 0 aromatic heterocycles. The third-order valence-corrected chi connectivity index (χ3v) is 3.21. The Bertz CT molecular complexity index is 336. The Morgan fingerprint density at radius 1 is 1.31 bits per heavy atom. The highest BCUT2D eigenvalue weighted by Gasteiger charge is 2.12. The first-order valence-corrected chi connectivity index (χ1v) is 5.90. The molecular weight excluding hydrogens is 198 g/mol. The number of hydrogen-bond donors (Lipinski definition) is 1. The third kappa shape index (κ3) is 3.24. The van der Waals surface area contributed by atoms with Gasteiger partial charge in [0.15, 0.2) is 0 Å². The molecule has 90 valence electrons. The smallest absolute Gasteiger partial charge is 0.119 e. The predicted octanol–water partition coefficient (Wildman–Crippen LogP) is 3.11. The SMILES string of the molecule is CNC(C)CC(C)c1ccc(OC)cc1C. The summed E-state index contributed by atoms with van der Waals surface area (Å²) in [5.41, 5.74) is 2.73. The van der Waals surface area contributed by atoms with Crippen LogP contribution in [0.1, 0.15) is 37.3 Å². The number of ether oxygens (including phenoxy) is 1. The molecule has 2 atom stereocenters. The molecule has 0 aliphatic rings. The van der Waals surface area contributed by atoms with Crippen molar-refractivity contribution in [3.8, 4) is 5.75 Å². The summed E-state index contributed by atoms with van der Waals surface area (Å²) in [6.07, 6.45) is 1.16. The predicted molar refractivity (Wildman–Crippen MR) is 69.3 cm³/mol. The summed E-state index contributed by atoms with van der Waals surface area (Å²) < 4.78 is 5.22. The van der Waals surface area contributed by atoms with Crippen molar-refractivity contribution in [3.63, 3.8) is 0 Å². The summed E-state index contributed by atoms with van der Waals surface area (Å²) >= 11 is 0. The number of rotatable bonds is 5.